The van der Waals surface area contributed by atoms with Gasteiger partial charge in [-0.05, 0) is 36.4 Å². The lowest BCUT2D eigenvalue weighted by Crippen LogP contribution is -2.05. The minimum Gasteiger partial charge on any atom is -0.349 e. The van der Waals surface area contributed by atoms with Crippen LogP contribution in [0.5, 0.6) is 0 Å². The first-order valence-corrected chi connectivity index (χ1v) is 7.65. The van der Waals surface area contributed by atoms with E-state index in [1.54, 1.807) is 30.6 Å². The molecule has 116 valence electrons. The minimum absolute atomic E-state index is 0.485. The summed E-state index contributed by atoms with van der Waals surface area (Å²) in [6.45, 7) is 0.553. The van der Waals surface area contributed by atoms with Crippen LogP contribution in [-0.4, -0.2) is 15.0 Å². The summed E-state index contributed by atoms with van der Waals surface area (Å²) in [5, 5.41) is 7.29. The topological polar surface area (TPSA) is 62.7 Å². The van der Waals surface area contributed by atoms with Gasteiger partial charge >= 0.3 is 0 Å². The molecule has 2 heterocycles. The molecule has 3 rings (SSSR count). The lowest BCUT2D eigenvalue weighted by molar-refractivity contribution is 1.00. The molecule has 0 aliphatic rings. The molecule has 0 spiro atoms. The maximum absolute atomic E-state index is 6.00. The number of hydrogen-bond acceptors (Lipinski definition) is 5. The zero-order valence-corrected chi connectivity index (χ0v) is 13.5. The second-order valence-electron chi connectivity index (χ2n) is 4.69. The molecule has 0 saturated carbocycles. The Hall–Kier alpha value is -2.37. The Morgan fingerprint density at radius 2 is 1.83 bits per heavy atom. The van der Waals surface area contributed by atoms with Gasteiger partial charge in [-0.15, -0.1) is 0 Å². The van der Waals surface area contributed by atoms with Crippen LogP contribution in [0.4, 0.5) is 17.5 Å². The Bertz CT molecular complexity index is 795. The third-order valence-electron chi connectivity index (χ3n) is 3.00. The van der Waals surface area contributed by atoms with E-state index in [0.29, 0.717) is 28.4 Å². The standard InChI is InChI=1S/C16H13Cl2N5/c17-13-5-4-11(9-14(13)18)22-15-6-8-20-16(23-15)21-10-12-3-1-2-7-19-12/h1-9H,10H2,(H2,20,21,22,23). The van der Waals surface area contributed by atoms with Crippen molar-refractivity contribution >= 4 is 40.7 Å². The first-order valence-electron chi connectivity index (χ1n) is 6.89. The molecule has 0 unspecified atom stereocenters. The van der Waals surface area contributed by atoms with Crippen molar-refractivity contribution in [3.63, 3.8) is 0 Å². The Morgan fingerprint density at radius 1 is 0.913 bits per heavy atom. The highest BCUT2D eigenvalue weighted by atomic mass is 35.5. The van der Waals surface area contributed by atoms with Gasteiger partial charge < -0.3 is 10.6 Å². The van der Waals surface area contributed by atoms with E-state index >= 15 is 0 Å². The lowest BCUT2D eigenvalue weighted by Gasteiger charge is -2.09. The van der Waals surface area contributed by atoms with Crippen molar-refractivity contribution < 1.29 is 0 Å². The third kappa shape index (κ3) is 4.31. The van der Waals surface area contributed by atoms with Crippen molar-refractivity contribution in [2.45, 2.75) is 6.54 Å². The molecule has 0 aliphatic heterocycles. The fraction of sp³-hybridized carbons (Fsp3) is 0.0625. The Balaban J connectivity index is 1.68. The number of rotatable bonds is 5. The van der Waals surface area contributed by atoms with Crippen molar-refractivity contribution in [2.75, 3.05) is 10.6 Å². The van der Waals surface area contributed by atoms with Crippen LogP contribution in [0.15, 0.2) is 54.9 Å². The summed E-state index contributed by atoms with van der Waals surface area (Å²) in [6.07, 6.45) is 3.42. The molecular formula is C16H13Cl2N5. The number of hydrogen-bond donors (Lipinski definition) is 2. The highest BCUT2D eigenvalue weighted by molar-refractivity contribution is 6.42. The van der Waals surface area contributed by atoms with Crippen molar-refractivity contribution in [1.82, 2.24) is 15.0 Å². The van der Waals surface area contributed by atoms with E-state index in [1.165, 1.54) is 0 Å². The van der Waals surface area contributed by atoms with E-state index in [0.717, 1.165) is 11.4 Å². The van der Waals surface area contributed by atoms with E-state index in [1.807, 2.05) is 24.3 Å². The van der Waals surface area contributed by atoms with E-state index in [9.17, 15) is 0 Å². The summed E-state index contributed by atoms with van der Waals surface area (Å²) in [5.74, 6) is 1.17. The number of benzene rings is 1. The van der Waals surface area contributed by atoms with Crippen molar-refractivity contribution in [3.8, 4) is 0 Å². The number of nitrogens with zero attached hydrogens (tertiary/aromatic N) is 3. The molecule has 3 aromatic rings. The number of aromatic nitrogens is 3. The van der Waals surface area contributed by atoms with E-state index in [-0.39, 0.29) is 0 Å². The molecule has 7 heteroatoms. The summed E-state index contributed by atoms with van der Waals surface area (Å²) in [7, 11) is 0. The molecule has 2 aromatic heterocycles. The van der Waals surface area contributed by atoms with Crippen LogP contribution in [0.25, 0.3) is 0 Å². The molecular weight excluding hydrogens is 333 g/mol. The summed E-state index contributed by atoms with van der Waals surface area (Å²) >= 11 is 11.9. The molecule has 0 amide bonds. The van der Waals surface area contributed by atoms with E-state index in [4.69, 9.17) is 23.2 Å². The van der Waals surface area contributed by atoms with E-state index < -0.39 is 0 Å². The molecule has 0 fully saturated rings. The number of anilines is 3. The van der Waals surface area contributed by atoms with Crippen LogP contribution in [0.2, 0.25) is 10.0 Å². The molecule has 0 bridgehead atoms. The van der Waals surface area contributed by atoms with Gasteiger partial charge in [0.1, 0.15) is 5.82 Å². The first-order chi connectivity index (χ1) is 11.2. The van der Waals surface area contributed by atoms with E-state index in [2.05, 4.69) is 25.6 Å². The molecule has 0 radical (unpaired) electrons. The molecule has 23 heavy (non-hydrogen) atoms. The maximum atomic E-state index is 6.00. The zero-order valence-electron chi connectivity index (χ0n) is 12.0. The highest BCUT2D eigenvalue weighted by Crippen LogP contribution is 2.26. The van der Waals surface area contributed by atoms with Crippen LogP contribution in [0.3, 0.4) is 0 Å². The van der Waals surface area contributed by atoms with Crippen LogP contribution < -0.4 is 10.6 Å². The highest BCUT2D eigenvalue weighted by Gasteiger charge is 2.03. The van der Waals surface area contributed by atoms with Gasteiger partial charge in [0.2, 0.25) is 5.95 Å². The zero-order chi connectivity index (χ0) is 16.1. The fourth-order valence-electron chi connectivity index (χ4n) is 1.91. The monoisotopic (exact) mass is 345 g/mol. The summed E-state index contributed by atoms with van der Waals surface area (Å²) in [6, 6.07) is 12.8. The molecule has 5 nitrogen and oxygen atoms in total. The molecule has 1 aromatic carbocycles. The summed E-state index contributed by atoms with van der Waals surface area (Å²) in [5.41, 5.74) is 1.72. The quantitative estimate of drug-likeness (QED) is 0.710. The number of nitrogens with one attached hydrogen (secondary N) is 2. The average Bonchev–Trinajstić information content (AvgIpc) is 2.58. The fourth-order valence-corrected chi connectivity index (χ4v) is 2.21. The number of halogens is 2. The summed E-state index contributed by atoms with van der Waals surface area (Å²) in [4.78, 5) is 12.8. The van der Waals surface area contributed by atoms with Gasteiger partial charge in [0, 0.05) is 18.1 Å². The van der Waals surface area contributed by atoms with Crippen LogP contribution in [0, 0.1) is 0 Å². The van der Waals surface area contributed by atoms with Gasteiger partial charge in [0.15, 0.2) is 0 Å². The predicted molar refractivity (Wildman–Crippen MR) is 93.3 cm³/mol. The van der Waals surface area contributed by atoms with Crippen LogP contribution in [0.1, 0.15) is 5.69 Å². The third-order valence-corrected chi connectivity index (χ3v) is 3.74. The van der Waals surface area contributed by atoms with Gasteiger partial charge in [-0.1, -0.05) is 29.3 Å². The largest absolute Gasteiger partial charge is 0.349 e. The van der Waals surface area contributed by atoms with Crippen LogP contribution in [-0.2, 0) is 6.54 Å². The smallest absolute Gasteiger partial charge is 0.224 e. The van der Waals surface area contributed by atoms with Gasteiger partial charge in [0.05, 0.1) is 22.3 Å². The molecule has 0 saturated heterocycles. The Morgan fingerprint density at radius 3 is 2.61 bits per heavy atom. The Kier molecular flexibility index (Phi) is 4.90. The maximum Gasteiger partial charge on any atom is 0.224 e. The predicted octanol–water partition coefficient (Wildman–Crippen LogP) is 4.53. The van der Waals surface area contributed by atoms with Gasteiger partial charge in [-0.2, -0.15) is 4.98 Å². The van der Waals surface area contributed by atoms with Crippen LogP contribution >= 0.6 is 23.2 Å². The lowest BCUT2D eigenvalue weighted by atomic mass is 10.3. The SMILES string of the molecule is Clc1ccc(Nc2ccnc(NCc3ccccn3)n2)cc1Cl. The summed E-state index contributed by atoms with van der Waals surface area (Å²) < 4.78 is 0. The van der Waals surface area contributed by atoms with Crippen molar-refractivity contribution in [1.29, 1.82) is 0 Å². The van der Waals surface area contributed by atoms with Gasteiger partial charge in [-0.3, -0.25) is 4.98 Å². The molecule has 2 N–H and O–H groups in total. The second-order valence-corrected chi connectivity index (χ2v) is 5.51. The normalized spacial score (nSPS) is 10.3. The van der Waals surface area contributed by atoms with Crippen molar-refractivity contribution in [2.24, 2.45) is 0 Å². The second kappa shape index (κ2) is 7.26. The van der Waals surface area contributed by atoms with Gasteiger partial charge in [-0.25, -0.2) is 4.98 Å². The Labute approximate surface area is 143 Å². The minimum atomic E-state index is 0.485. The average molecular weight is 346 g/mol. The molecule has 0 aliphatic carbocycles. The first kappa shape index (κ1) is 15.5. The molecule has 0 atom stereocenters. The van der Waals surface area contributed by atoms with Gasteiger partial charge in [0.25, 0.3) is 0 Å². The van der Waals surface area contributed by atoms with Crippen molar-refractivity contribution in [3.05, 3.63) is 70.6 Å². The number of pyridine rings is 1.